The molecule has 2 nitrogen and oxygen atoms in total. The smallest absolute Gasteiger partial charge is 0.115 e. The van der Waals surface area contributed by atoms with Crippen LogP contribution in [-0.2, 0) is 0 Å². The molecule has 2 heterocycles. The molecule has 0 N–H and O–H groups in total. The third-order valence-corrected chi connectivity index (χ3v) is 13.8. The summed E-state index contributed by atoms with van der Waals surface area (Å²) in [6, 6.07) is 69.4. The first-order valence-electron chi connectivity index (χ1n) is 22.8. The van der Waals surface area contributed by atoms with Crippen LogP contribution in [0.5, 0.6) is 0 Å². The van der Waals surface area contributed by atoms with Crippen molar-refractivity contribution in [2.75, 3.05) is 0 Å². The van der Waals surface area contributed by atoms with Crippen LogP contribution in [0.2, 0.25) is 0 Å². The molecule has 14 radical (unpaired) electrons. The summed E-state index contributed by atoms with van der Waals surface area (Å²) in [7, 11) is 49.1. The second-order valence-electron chi connectivity index (χ2n) is 17.6. The topological polar surface area (TPSA) is 9.86 Å². The second kappa shape index (κ2) is 16.8. The van der Waals surface area contributed by atoms with Gasteiger partial charge in [-0.05, 0) is 103 Å². The minimum atomic E-state index is 0.171. The van der Waals surface area contributed by atoms with E-state index in [-0.39, 0.29) is 21.9 Å². The first-order chi connectivity index (χ1) is 33.7. The van der Waals surface area contributed by atoms with Crippen molar-refractivity contribution in [3.63, 3.8) is 0 Å². The number of fused-ring (bicyclic) bond motifs is 6. The molecule has 304 valence electrons. The van der Waals surface area contributed by atoms with E-state index < -0.39 is 0 Å². The van der Waals surface area contributed by atoms with E-state index in [0.717, 1.165) is 83.3 Å². The summed E-state index contributed by atoms with van der Waals surface area (Å²) in [4.78, 5) is 0. The molecule has 0 amide bonds. The van der Waals surface area contributed by atoms with Crippen LogP contribution in [0, 0.1) is 0 Å². The van der Waals surface area contributed by atoms with Gasteiger partial charge in [0.1, 0.15) is 54.9 Å². The van der Waals surface area contributed by atoms with Gasteiger partial charge in [-0.3, -0.25) is 0 Å². The quantitative estimate of drug-likeness (QED) is 0.145. The average molecular weight is 858 g/mol. The van der Waals surface area contributed by atoms with E-state index >= 15 is 0 Å². The zero-order chi connectivity index (χ0) is 47.1. The largest absolute Gasteiger partial charge is 0.311 e. The molecule has 0 aliphatic carbocycles. The Labute approximate surface area is 410 Å². The Hall–Kier alpha value is -7.75. The predicted molar refractivity (Wildman–Crippen MR) is 300 cm³/mol. The molecule has 0 aliphatic rings. The highest BCUT2D eigenvalue weighted by Gasteiger charge is 2.25. The lowest BCUT2D eigenvalue weighted by atomic mass is 9.64. The molecule has 10 aromatic carbocycles. The Morgan fingerprint density at radius 3 is 1.30 bits per heavy atom. The molecule has 12 rings (SSSR count). The fraction of sp³-hybridized carbons (Fsp3) is 0. The first-order valence-corrected chi connectivity index (χ1v) is 22.8. The summed E-state index contributed by atoms with van der Waals surface area (Å²) in [5.41, 5.74) is 17.0. The van der Waals surface area contributed by atoms with Crippen molar-refractivity contribution >= 4 is 137 Å². The molecule has 12 aromatic rings. The van der Waals surface area contributed by atoms with Crippen LogP contribution in [0.4, 0.5) is 0 Å². The summed E-state index contributed by atoms with van der Waals surface area (Å²) < 4.78 is 4.28. The number of nitrogens with zero attached hydrogens (tertiary/aromatic N) is 2. The second-order valence-corrected chi connectivity index (χ2v) is 17.6. The maximum atomic E-state index is 7.48. The van der Waals surface area contributed by atoms with Crippen molar-refractivity contribution in [2.45, 2.75) is 0 Å². The van der Waals surface area contributed by atoms with Crippen LogP contribution >= 0.6 is 0 Å². The third-order valence-electron chi connectivity index (χ3n) is 13.8. The molecule has 0 fully saturated rings. The fourth-order valence-corrected chi connectivity index (χ4v) is 10.4. The highest BCUT2D eigenvalue weighted by Crippen LogP contribution is 2.43. The van der Waals surface area contributed by atoms with Gasteiger partial charge in [0.2, 0.25) is 0 Å². The van der Waals surface area contributed by atoms with E-state index in [1.54, 1.807) is 0 Å². The Morgan fingerprint density at radius 2 is 0.710 bits per heavy atom. The van der Waals surface area contributed by atoms with E-state index in [1.165, 1.54) is 0 Å². The molecule has 0 aliphatic heterocycles. The summed E-state index contributed by atoms with van der Waals surface area (Å²) in [5, 5.41) is 3.20. The van der Waals surface area contributed by atoms with Gasteiger partial charge in [0.25, 0.3) is 0 Å². The zero-order valence-electron chi connectivity index (χ0n) is 37.5. The Balaban J connectivity index is 1.13. The van der Waals surface area contributed by atoms with E-state index in [2.05, 4.69) is 162 Å². The van der Waals surface area contributed by atoms with Crippen molar-refractivity contribution in [1.29, 1.82) is 0 Å². The SMILES string of the molecule is [B]c1c([B])c([B])c2c(c1[B])c1c([B])c(-c3ccc4c(c3)c3c(-c5ccccc5-c5ccccc5)cccc3n4-c3ccc(-c4ccccc4)cc3)c([B])c([B])c1n2-c1ccc(-c2ccccc2)cc1. The van der Waals surface area contributed by atoms with Gasteiger partial charge in [0.15, 0.2) is 0 Å². The van der Waals surface area contributed by atoms with E-state index in [9.17, 15) is 0 Å². The zero-order valence-corrected chi connectivity index (χ0v) is 37.5. The molecule has 0 saturated carbocycles. The first kappa shape index (κ1) is 42.6. The number of rotatable bonds is 7. The molecule has 0 saturated heterocycles. The minimum absolute atomic E-state index is 0.171. The van der Waals surface area contributed by atoms with Gasteiger partial charge < -0.3 is 9.13 Å². The number of hydrogen-bond acceptors (Lipinski definition) is 0. The van der Waals surface area contributed by atoms with Crippen LogP contribution in [0.25, 0.3) is 111 Å². The van der Waals surface area contributed by atoms with Crippen molar-refractivity contribution in [3.05, 3.63) is 200 Å². The van der Waals surface area contributed by atoms with Gasteiger partial charge in [-0.1, -0.05) is 185 Å². The van der Waals surface area contributed by atoms with E-state index in [0.29, 0.717) is 43.8 Å². The average Bonchev–Trinajstić information content (AvgIpc) is 3.94. The molecule has 0 bridgehead atoms. The van der Waals surface area contributed by atoms with Crippen LogP contribution < -0.4 is 38.2 Å². The maximum absolute atomic E-state index is 7.48. The van der Waals surface area contributed by atoms with Crippen LogP contribution in [0.1, 0.15) is 0 Å². The van der Waals surface area contributed by atoms with E-state index in [1.807, 2.05) is 47.0 Å². The summed E-state index contributed by atoms with van der Waals surface area (Å²) in [5.74, 6) is 0. The lowest BCUT2D eigenvalue weighted by molar-refractivity contribution is 1.18. The molecule has 69 heavy (non-hydrogen) atoms. The van der Waals surface area contributed by atoms with Crippen LogP contribution in [-0.4, -0.2) is 64.1 Å². The number of benzene rings is 10. The summed E-state index contributed by atoms with van der Waals surface area (Å²) >= 11 is 0. The molecule has 0 unspecified atom stereocenters. The van der Waals surface area contributed by atoms with Gasteiger partial charge in [-0.2, -0.15) is 0 Å². The lowest BCUT2D eigenvalue weighted by Crippen LogP contribution is -2.48. The lowest BCUT2D eigenvalue weighted by Gasteiger charge is -2.19. The van der Waals surface area contributed by atoms with Crippen molar-refractivity contribution in [1.82, 2.24) is 9.13 Å². The highest BCUT2D eigenvalue weighted by atomic mass is 15.0. The Kier molecular flexibility index (Phi) is 10.4. The fourth-order valence-electron chi connectivity index (χ4n) is 10.4. The highest BCUT2D eigenvalue weighted by molar-refractivity contribution is 6.69. The van der Waals surface area contributed by atoms with Gasteiger partial charge in [-0.25, -0.2) is 0 Å². The summed E-state index contributed by atoms with van der Waals surface area (Å²) in [6.45, 7) is 0. The normalized spacial score (nSPS) is 11.6. The molecule has 9 heteroatoms. The molecule has 2 aromatic heterocycles. The van der Waals surface area contributed by atoms with Crippen LogP contribution in [0.15, 0.2) is 200 Å². The molecule has 0 atom stereocenters. The third kappa shape index (κ3) is 6.73. The van der Waals surface area contributed by atoms with Gasteiger partial charge in [0, 0.05) is 38.6 Å². The Bertz CT molecular complexity index is 3990. The maximum Gasteiger partial charge on any atom is 0.115 e. The van der Waals surface area contributed by atoms with Gasteiger partial charge >= 0.3 is 0 Å². The van der Waals surface area contributed by atoms with Crippen molar-refractivity contribution in [3.8, 4) is 67.0 Å². The van der Waals surface area contributed by atoms with Crippen LogP contribution in [0.3, 0.4) is 0 Å². The summed E-state index contributed by atoms with van der Waals surface area (Å²) in [6.07, 6.45) is 0. The predicted octanol–water partition coefficient (Wildman–Crippen LogP) is 7.77. The molecular formula is C60H33B7N2. The van der Waals surface area contributed by atoms with Gasteiger partial charge in [-0.15, -0.1) is 10.9 Å². The number of hydrogen-bond donors (Lipinski definition) is 0. The Morgan fingerprint density at radius 1 is 0.261 bits per heavy atom. The molecule has 0 spiro atoms. The van der Waals surface area contributed by atoms with Crippen molar-refractivity contribution < 1.29 is 0 Å². The van der Waals surface area contributed by atoms with Crippen molar-refractivity contribution in [2.24, 2.45) is 0 Å². The van der Waals surface area contributed by atoms with E-state index in [4.69, 9.17) is 54.9 Å². The number of aromatic nitrogens is 2. The van der Waals surface area contributed by atoms with Gasteiger partial charge in [0.05, 0.1) is 11.0 Å². The minimum Gasteiger partial charge on any atom is -0.311 e. The standard InChI is InChI=1S/C60H33B7N2/c61-52-48(53(62)57(66)59-50(52)51-54(63)55(64)56(65)58(67)60(51)69(59)41-30-25-37(26-31-41)35-15-6-2-7-16-35)39-27-32-46-45(33-39)49-44(43-20-11-10-19-42(43)38-17-8-3-9-18-38)21-12-22-47(49)68(46)40-28-23-36(24-29-40)34-13-4-1-5-14-34/h1-33H. The monoisotopic (exact) mass is 858 g/mol. The molecular weight excluding hydrogens is 824 g/mol.